The van der Waals surface area contributed by atoms with Crippen LogP contribution in [-0.2, 0) is 0 Å². The monoisotopic (exact) mass is 368 g/mol. The van der Waals surface area contributed by atoms with Crippen molar-refractivity contribution in [3.8, 4) is 11.5 Å². The molecule has 0 radical (unpaired) electrons. The van der Waals surface area contributed by atoms with E-state index in [9.17, 15) is 0 Å². The highest BCUT2D eigenvalue weighted by atomic mass is 16.4. The first-order valence-corrected chi connectivity index (χ1v) is 9.37. The lowest BCUT2D eigenvalue weighted by Gasteiger charge is -2.29. The fraction of sp³-hybridized carbons (Fsp3) is 0.174. The van der Waals surface area contributed by atoms with Gasteiger partial charge in [0.1, 0.15) is 0 Å². The van der Waals surface area contributed by atoms with Gasteiger partial charge >= 0.3 is 0 Å². The van der Waals surface area contributed by atoms with Gasteiger partial charge in [-0.25, -0.2) is 0 Å². The van der Waals surface area contributed by atoms with Gasteiger partial charge in [0, 0.05) is 22.7 Å². The van der Waals surface area contributed by atoms with Crippen molar-refractivity contribution in [3.63, 3.8) is 0 Å². The zero-order valence-corrected chi connectivity index (χ0v) is 15.8. The topological polar surface area (TPSA) is 56.2 Å². The molecule has 3 aromatic rings. The van der Waals surface area contributed by atoms with Crippen molar-refractivity contribution < 1.29 is 4.42 Å². The summed E-state index contributed by atoms with van der Waals surface area (Å²) in [6.07, 6.45) is 9.70. The average Bonchev–Trinajstić information content (AvgIpc) is 3.36. The molecule has 0 fully saturated rings. The molecule has 0 spiro atoms. The average molecular weight is 368 g/mol. The number of aromatic nitrogens is 3. The molecule has 2 aliphatic rings. The summed E-state index contributed by atoms with van der Waals surface area (Å²) in [7, 11) is 0. The van der Waals surface area contributed by atoms with Crippen molar-refractivity contribution in [1.29, 1.82) is 0 Å². The van der Waals surface area contributed by atoms with Gasteiger partial charge in [-0.1, -0.05) is 56.8 Å². The molecule has 0 saturated heterocycles. The molecular formula is C23H20N4O. The molecule has 1 aromatic carbocycles. The first kappa shape index (κ1) is 16.7. The molecule has 2 aromatic heterocycles. The summed E-state index contributed by atoms with van der Waals surface area (Å²) in [6.45, 7) is 8.60. The molecule has 0 saturated carbocycles. The van der Waals surface area contributed by atoms with Gasteiger partial charge in [-0.2, -0.15) is 0 Å². The van der Waals surface area contributed by atoms with E-state index in [4.69, 9.17) is 9.41 Å². The minimum Gasteiger partial charge on any atom is -0.423 e. The molecule has 5 nitrogen and oxygen atoms in total. The summed E-state index contributed by atoms with van der Waals surface area (Å²) in [5.74, 6) is 0.810. The summed E-state index contributed by atoms with van der Waals surface area (Å²) in [5.41, 5.74) is 5.52. The second-order valence-corrected chi connectivity index (χ2v) is 7.35. The summed E-state index contributed by atoms with van der Waals surface area (Å²) in [4.78, 5) is 5.08. The second-order valence-electron chi connectivity index (χ2n) is 7.35. The molecule has 0 bridgehead atoms. The lowest BCUT2D eigenvalue weighted by atomic mass is 9.88. The third-order valence-corrected chi connectivity index (χ3v) is 5.28. The number of benzene rings is 1. The van der Waals surface area contributed by atoms with Crippen LogP contribution in [0.1, 0.15) is 25.6 Å². The van der Waals surface area contributed by atoms with Crippen LogP contribution in [0.3, 0.4) is 0 Å². The molecule has 1 unspecified atom stereocenters. The lowest BCUT2D eigenvalue weighted by Crippen LogP contribution is -2.35. The summed E-state index contributed by atoms with van der Waals surface area (Å²) < 4.78 is 7.57. The van der Waals surface area contributed by atoms with Gasteiger partial charge in [-0.05, 0) is 29.2 Å². The first-order chi connectivity index (χ1) is 13.6. The highest BCUT2D eigenvalue weighted by molar-refractivity contribution is 6.07. The Bertz CT molecular complexity index is 1240. The van der Waals surface area contributed by atoms with Crippen molar-refractivity contribution >= 4 is 23.9 Å². The maximum atomic E-state index is 5.41. The van der Waals surface area contributed by atoms with Crippen LogP contribution in [0.5, 0.6) is 0 Å². The number of nitrogens with zero attached hydrogens (tertiary/aromatic N) is 4. The molecule has 0 aliphatic carbocycles. The van der Waals surface area contributed by atoms with Gasteiger partial charge in [-0.3, -0.25) is 4.99 Å². The highest BCUT2D eigenvalue weighted by Crippen LogP contribution is 2.38. The van der Waals surface area contributed by atoms with E-state index in [1.54, 1.807) is 0 Å². The van der Waals surface area contributed by atoms with E-state index in [0.29, 0.717) is 11.8 Å². The number of rotatable bonds is 3. The molecule has 138 valence electrons. The van der Waals surface area contributed by atoms with Crippen LogP contribution in [0.4, 0.5) is 0 Å². The summed E-state index contributed by atoms with van der Waals surface area (Å²) in [6, 6.07) is 10.5. The van der Waals surface area contributed by atoms with Gasteiger partial charge in [0.2, 0.25) is 12.3 Å². The molecule has 28 heavy (non-hydrogen) atoms. The van der Waals surface area contributed by atoms with Crippen LogP contribution in [0.25, 0.3) is 29.7 Å². The van der Waals surface area contributed by atoms with Crippen LogP contribution in [0.15, 0.2) is 70.1 Å². The van der Waals surface area contributed by atoms with Gasteiger partial charge in [0.25, 0.3) is 0 Å². The Labute approximate surface area is 162 Å². The van der Waals surface area contributed by atoms with Gasteiger partial charge in [-0.15, -0.1) is 10.2 Å². The van der Waals surface area contributed by atoms with Crippen LogP contribution >= 0.6 is 0 Å². The van der Waals surface area contributed by atoms with E-state index < -0.39 is 0 Å². The summed E-state index contributed by atoms with van der Waals surface area (Å²) >= 11 is 0. The predicted octanol–water partition coefficient (Wildman–Crippen LogP) is 3.36. The van der Waals surface area contributed by atoms with Crippen LogP contribution in [-0.4, -0.2) is 20.5 Å². The van der Waals surface area contributed by atoms with E-state index >= 15 is 0 Å². The van der Waals surface area contributed by atoms with Crippen LogP contribution < -0.4 is 10.6 Å². The van der Waals surface area contributed by atoms with Gasteiger partial charge in [0.15, 0.2) is 6.17 Å². The summed E-state index contributed by atoms with van der Waals surface area (Å²) in [5, 5.41) is 9.74. The Kier molecular flexibility index (Phi) is 3.76. The van der Waals surface area contributed by atoms with E-state index in [2.05, 4.69) is 77.7 Å². The Balaban J connectivity index is 1.71. The molecule has 5 heteroatoms. The van der Waals surface area contributed by atoms with Crippen molar-refractivity contribution in [1.82, 2.24) is 14.8 Å². The minimum absolute atomic E-state index is 0.130. The predicted molar refractivity (Wildman–Crippen MR) is 111 cm³/mol. The van der Waals surface area contributed by atoms with Crippen molar-refractivity contribution in [2.45, 2.75) is 20.0 Å². The molecule has 0 N–H and O–H groups in total. The third kappa shape index (κ3) is 2.51. The lowest BCUT2D eigenvalue weighted by molar-refractivity contribution is 0.566. The van der Waals surface area contributed by atoms with Gasteiger partial charge < -0.3 is 8.98 Å². The van der Waals surface area contributed by atoms with Gasteiger partial charge in [0.05, 0.1) is 10.9 Å². The van der Waals surface area contributed by atoms with E-state index in [-0.39, 0.29) is 6.17 Å². The molecule has 2 aliphatic heterocycles. The van der Waals surface area contributed by atoms with E-state index in [1.807, 2.05) is 12.3 Å². The third-order valence-electron chi connectivity index (χ3n) is 5.28. The van der Waals surface area contributed by atoms with Crippen molar-refractivity contribution in [2.75, 3.05) is 0 Å². The quantitative estimate of drug-likeness (QED) is 0.712. The normalized spacial score (nSPS) is 18.0. The Morgan fingerprint density at radius 2 is 1.96 bits per heavy atom. The SMILES string of the molecule is C=c1c(-c2nnco2)cn2c1=CC=C1C(c3ccccc3)=CC(C(C)C)=NC12. The maximum Gasteiger partial charge on any atom is 0.249 e. The van der Waals surface area contributed by atoms with Crippen molar-refractivity contribution in [2.24, 2.45) is 10.9 Å². The Hall–Kier alpha value is -3.47. The Morgan fingerprint density at radius 3 is 2.68 bits per heavy atom. The van der Waals surface area contributed by atoms with Crippen LogP contribution in [0.2, 0.25) is 0 Å². The Morgan fingerprint density at radius 1 is 1.14 bits per heavy atom. The number of allylic oxidation sites excluding steroid dienone is 2. The zero-order valence-electron chi connectivity index (χ0n) is 15.8. The second kappa shape index (κ2) is 6.30. The number of hydrogen-bond acceptors (Lipinski definition) is 4. The first-order valence-electron chi connectivity index (χ1n) is 9.37. The number of dihydropyridines is 1. The molecular weight excluding hydrogens is 348 g/mol. The highest BCUT2D eigenvalue weighted by Gasteiger charge is 2.28. The van der Waals surface area contributed by atoms with E-state index in [0.717, 1.165) is 21.8 Å². The standard InChI is InChI=1S/C23H20N4O/c1-14(2)20-11-18(16-7-5-4-6-8-16)17-9-10-21-15(3)19(23-26-24-13-28-23)12-27(21)22(17)25-20/h4-14,22H,3H2,1-2H3. The molecule has 0 amide bonds. The number of hydrogen-bond donors (Lipinski definition) is 0. The number of fused-ring (bicyclic) bond motifs is 3. The molecule has 1 atom stereocenters. The van der Waals surface area contributed by atoms with E-state index in [1.165, 1.54) is 23.1 Å². The maximum absolute atomic E-state index is 5.41. The zero-order chi connectivity index (χ0) is 19.3. The minimum atomic E-state index is -0.130. The van der Waals surface area contributed by atoms with Crippen LogP contribution in [0, 0.1) is 5.92 Å². The number of aliphatic imine (C=N–C) groups is 1. The fourth-order valence-electron chi connectivity index (χ4n) is 3.80. The smallest absolute Gasteiger partial charge is 0.249 e. The molecule has 4 heterocycles. The van der Waals surface area contributed by atoms with Crippen molar-refractivity contribution in [3.05, 3.63) is 76.8 Å². The molecule has 5 rings (SSSR count). The largest absolute Gasteiger partial charge is 0.423 e. The fourth-order valence-corrected chi connectivity index (χ4v) is 3.80.